The van der Waals surface area contributed by atoms with Crippen LogP contribution >= 0.6 is 0 Å². The van der Waals surface area contributed by atoms with E-state index in [1.165, 1.54) is 0 Å². The molecule has 0 spiro atoms. The molecule has 1 aromatic rings. The van der Waals surface area contributed by atoms with E-state index in [4.69, 9.17) is 0 Å². The fourth-order valence-corrected chi connectivity index (χ4v) is 2.52. The first-order valence-electron chi connectivity index (χ1n) is 7.41. The van der Waals surface area contributed by atoms with E-state index in [-0.39, 0.29) is 12.1 Å². The monoisotopic (exact) mass is 306 g/mol. The topological polar surface area (TPSA) is 92.2 Å². The van der Waals surface area contributed by atoms with Crippen molar-refractivity contribution in [2.24, 2.45) is 0 Å². The van der Waals surface area contributed by atoms with Gasteiger partial charge in [-0.05, 0) is 46.6 Å². The number of aryl methyl sites for hydroxylation is 1. The number of hydrazine groups is 1. The Labute approximate surface area is 129 Å². The highest BCUT2D eigenvalue weighted by atomic mass is 16.2. The molecule has 1 aliphatic rings. The number of nitrogens with zero attached hydrogens (tertiary/aromatic N) is 1. The van der Waals surface area contributed by atoms with Crippen molar-refractivity contribution < 1.29 is 14.4 Å². The van der Waals surface area contributed by atoms with Crippen LogP contribution in [0, 0.1) is 13.8 Å². The lowest BCUT2D eigenvalue weighted by molar-refractivity contribution is -0.139. The highest BCUT2D eigenvalue weighted by Crippen LogP contribution is 2.20. The number of hydrogen-bond acceptors (Lipinski definition) is 3. The number of amides is 3. The fourth-order valence-electron chi connectivity index (χ4n) is 2.52. The van der Waals surface area contributed by atoms with Crippen LogP contribution in [0.2, 0.25) is 0 Å². The summed E-state index contributed by atoms with van der Waals surface area (Å²) in [6.07, 6.45) is 1.79. The van der Waals surface area contributed by atoms with E-state index in [9.17, 15) is 14.4 Å². The van der Waals surface area contributed by atoms with Crippen molar-refractivity contribution in [3.63, 3.8) is 0 Å². The van der Waals surface area contributed by atoms with Gasteiger partial charge in [0.15, 0.2) is 0 Å². The molecule has 1 aliphatic carbocycles. The van der Waals surface area contributed by atoms with E-state index in [1.807, 2.05) is 32.3 Å². The highest BCUT2D eigenvalue weighted by molar-refractivity contribution is 6.35. The number of carbonyl (C=O) groups is 3. The molecule has 0 bridgehead atoms. The van der Waals surface area contributed by atoms with E-state index in [0.717, 1.165) is 24.2 Å². The molecular formula is C15H22N4O3. The van der Waals surface area contributed by atoms with Crippen molar-refractivity contribution in [1.82, 2.24) is 20.7 Å². The third-order valence-corrected chi connectivity index (χ3v) is 3.65. The van der Waals surface area contributed by atoms with Gasteiger partial charge < -0.3 is 9.88 Å². The maximum atomic E-state index is 12.1. The Morgan fingerprint density at radius 3 is 2.27 bits per heavy atom. The highest BCUT2D eigenvalue weighted by Gasteiger charge is 2.26. The van der Waals surface area contributed by atoms with Gasteiger partial charge in [-0.25, -0.2) is 0 Å². The largest absolute Gasteiger partial charge is 0.346 e. The first-order chi connectivity index (χ1) is 10.3. The van der Waals surface area contributed by atoms with E-state index < -0.39 is 17.7 Å². The average molecular weight is 306 g/mol. The molecule has 7 heteroatoms. The average Bonchev–Trinajstić information content (AvgIpc) is 3.19. The van der Waals surface area contributed by atoms with Gasteiger partial charge in [0.2, 0.25) is 0 Å². The van der Waals surface area contributed by atoms with Gasteiger partial charge in [0.05, 0.1) is 5.56 Å². The van der Waals surface area contributed by atoms with Gasteiger partial charge in [-0.15, -0.1) is 0 Å². The maximum absolute atomic E-state index is 12.1. The molecule has 1 aromatic heterocycles. The molecule has 2 rings (SSSR count). The van der Waals surface area contributed by atoms with E-state index in [2.05, 4.69) is 16.2 Å². The zero-order valence-electron chi connectivity index (χ0n) is 13.3. The lowest BCUT2D eigenvalue weighted by Crippen LogP contribution is -2.49. The lowest BCUT2D eigenvalue weighted by atomic mass is 10.2. The van der Waals surface area contributed by atoms with Crippen LogP contribution in [-0.2, 0) is 9.59 Å². The number of aromatic nitrogens is 1. The molecule has 3 N–H and O–H groups in total. The second-order valence-corrected chi connectivity index (χ2v) is 5.90. The molecule has 1 fully saturated rings. The maximum Gasteiger partial charge on any atom is 0.327 e. The van der Waals surface area contributed by atoms with Crippen molar-refractivity contribution in [2.75, 3.05) is 0 Å². The lowest BCUT2D eigenvalue weighted by Gasteiger charge is -2.13. The predicted octanol–water partition coefficient (Wildman–Crippen LogP) is 0.725. The zero-order chi connectivity index (χ0) is 16.4. The zero-order valence-corrected chi connectivity index (χ0v) is 13.3. The Kier molecular flexibility index (Phi) is 4.54. The van der Waals surface area contributed by atoms with Crippen molar-refractivity contribution >= 4 is 17.7 Å². The number of rotatable bonds is 3. The summed E-state index contributed by atoms with van der Waals surface area (Å²) in [6.45, 7) is 7.84. The minimum atomic E-state index is -0.863. The van der Waals surface area contributed by atoms with Crippen LogP contribution in [0.4, 0.5) is 0 Å². The molecule has 7 nitrogen and oxygen atoms in total. The molecule has 0 aliphatic heterocycles. The molecule has 0 saturated heterocycles. The number of nitrogens with one attached hydrogen (secondary N) is 3. The van der Waals surface area contributed by atoms with Gasteiger partial charge in [-0.2, -0.15) is 0 Å². The summed E-state index contributed by atoms with van der Waals surface area (Å²) in [4.78, 5) is 35.2. The standard InChI is InChI=1S/C15H22N4O3/c1-8(2)19-9(3)7-12(10(19)4)13(20)17-18-15(22)14(21)16-11-5-6-11/h7-8,11H,5-6H2,1-4H3,(H,16,21)(H,17,20)(H,18,22). The number of carbonyl (C=O) groups excluding carboxylic acids is 3. The van der Waals surface area contributed by atoms with E-state index in [0.29, 0.717) is 5.56 Å². The minimum Gasteiger partial charge on any atom is -0.346 e. The quantitative estimate of drug-likeness (QED) is 0.568. The summed E-state index contributed by atoms with van der Waals surface area (Å²) in [5.41, 5.74) is 6.69. The third kappa shape index (κ3) is 3.47. The summed E-state index contributed by atoms with van der Waals surface area (Å²) in [5.74, 6) is -2.03. The Bertz CT molecular complexity index is 615. The van der Waals surface area contributed by atoms with Crippen LogP contribution in [0.5, 0.6) is 0 Å². The van der Waals surface area contributed by atoms with Crippen LogP contribution in [0.3, 0.4) is 0 Å². The predicted molar refractivity (Wildman–Crippen MR) is 81.1 cm³/mol. The van der Waals surface area contributed by atoms with Crippen LogP contribution in [0.15, 0.2) is 6.07 Å². The van der Waals surface area contributed by atoms with Gasteiger partial charge in [0.25, 0.3) is 5.91 Å². The van der Waals surface area contributed by atoms with Gasteiger partial charge in [-0.3, -0.25) is 25.2 Å². The summed E-state index contributed by atoms with van der Waals surface area (Å²) in [6, 6.07) is 2.10. The SMILES string of the molecule is Cc1cc(C(=O)NNC(=O)C(=O)NC2CC2)c(C)n1C(C)C. The van der Waals surface area contributed by atoms with Crippen molar-refractivity contribution in [2.45, 2.75) is 52.6 Å². The second-order valence-electron chi connectivity index (χ2n) is 5.90. The summed E-state index contributed by atoms with van der Waals surface area (Å²) in [5, 5.41) is 2.55. The van der Waals surface area contributed by atoms with Crippen molar-refractivity contribution in [3.8, 4) is 0 Å². The molecule has 0 atom stereocenters. The summed E-state index contributed by atoms with van der Waals surface area (Å²) in [7, 11) is 0. The van der Waals surface area contributed by atoms with Crippen LogP contribution in [0.25, 0.3) is 0 Å². The van der Waals surface area contributed by atoms with E-state index in [1.54, 1.807) is 6.07 Å². The Hall–Kier alpha value is -2.31. The smallest absolute Gasteiger partial charge is 0.327 e. The molecule has 1 saturated carbocycles. The van der Waals surface area contributed by atoms with Gasteiger partial charge in [-0.1, -0.05) is 0 Å². The first kappa shape index (κ1) is 16.1. The van der Waals surface area contributed by atoms with Crippen LogP contribution < -0.4 is 16.2 Å². The van der Waals surface area contributed by atoms with Gasteiger partial charge in [0.1, 0.15) is 0 Å². The minimum absolute atomic E-state index is 0.0962. The normalized spacial score (nSPS) is 13.9. The first-order valence-corrected chi connectivity index (χ1v) is 7.41. The van der Waals surface area contributed by atoms with Crippen LogP contribution in [-0.4, -0.2) is 28.3 Å². The molecule has 22 heavy (non-hydrogen) atoms. The van der Waals surface area contributed by atoms with Crippen molar-refractivity contribution in [3.05, 3.63) is 23.0 Å². The molecule has 0 aromatic carbocycles. The second kappa shape index (κ2) is 6.21. The fraction of sp³-hybridized carbons (Fsp3) is 0.533. The van der Waals surface area contributed by atoms with Crippen LogP contribution in [0.1, 0.15) is 54.5 Å². The molecule has 3 amide bonds. The third-order valence-electron chi connectivity index (χ3n) is 3.65. The summed E-state index contributed by atoms with van der Waals surface area (Å²) >= 11 is 0. The Morgan fingerprint density at radius 1 is 1.14 bits per heavy atom. The molecule has 120 valence electrons. The molecule has 1 heterocycles. The molecular weight excluding hydrogens is 284 g/mol. The van der Waals surface area contributed by atoms with Gasteiger partial charge in [0, 0.05) is 23.5 Å². The van der Waals surface area contributed by atoms with Crippen molar-refractivity contribution in [1.29, 1.82) is 0 Å². The Morgan fingerprint density at radius 2 is 1.77 bits per heavy atom. The summed E-state index contributed by atoms with van der Waals surface area (Å²) < 4.78 is 2.04. The van der Waals surface area contributed by atoms with Gasteiger partial charge >= 0.3 is 11.8 Å². The molecule has 0 unspecified atom stereocenters. The number of hydrogen-bond donors (Lipinski definition) is 3. The molecule has 0 radical (unpaired) electrons. The Balaban J connectivity index is 1.96. The van der Waals surface area contributed by atoms with E-state index >= 15 is 0 Å².